The molecule has 1 aromatic rings. The molecular formula is C14H20N2O2S2. The molecule has 0 spiro atoms. The molecule has 1 saturated heterocycles. The standard InChI is InChI=1S/C14H20N2O2S2/c1-17-8-7-15-10-16(14(19)20-11-15)9-12-3-5-13(18-2)6-4-12/h3-6H,7-11H2,1-2H3. The Morgan fingerprint density at radius 3 is 2.65 bits per heavy atom. The largest absolute Gasteiger partial charge is 0.497 e. The number of ether oxygens (including phenoxy) is 2. The summed E-state index contributed by atoms with van der Waals surface area (Å²) in [7, 11) is 3.41. The molecular weight excluding hydrogens is 292 g/mol. The molecule has 0 aromatic heterocycles. The molecule has 0 N–H and O–H groups in total. The van der Waals surface area contributed by atoms with Crippen LogP contribution < -0.4 is 4.74 Å². The third-order valence-electron chi connectivity index (χ3n) is 3.14. The molecule has 1 aliphatic rings. The van der Waals surface area contributed by atoms with Crippen LogP contribution in [0.25, 0.3) is 0 Å². The second kappa shape index (κ2) is 7.83. The van der Waals surface area contributed by atoms with Crippen molar-refractivity contribution in [2.24, 2.45) is 0 Å². The van der Waals surface area contributed by atoms with E-state index in [9.17, 15) is 0 Å². The lowest BCUT2D eigenvalue weighted by Gasteiger charge is -2.36. The van der Waals surface area contributed by atoms with Gasteiger partial charge in [0.05, 0.1) is 26.3 Å². The first-order chi connectivity index (χ1) is 9.72. The number of benzene rings is 1. The van der Waals surface area contributed by atoms with Gasteiger partial charge in [-0.05, 0) is 17.7 Å². The molecule has 0 amide bonds. The maximum absolute atomic E-state index is 5.45. The highest BCUT2D eigenvalue weighted by Gasteiger charge is 2.21. The zero-order chi connectivity index (χ0) is 14.4. The summed E-state index contributed by atoms with van der Waals surface area (Å²) in [4.78, 5) is 4.56. The molecule has 4 nitrogen and oxygen atoms in total. The average molecular weight is 312 g/mol. The van der Waals surface area contributed by atoms with Crippen LogP contribution in [0.4, 0.5) is 0 Å². The Bertz CT molecular complexity index is 439. The monoisotopic (exact) mass is 312 g/mol. The summed E-state index contributed by atoms with van der Waals surface area (Å²) in [5, 5.41) is 0. The van der Waals surface area contributed by atoms with E-state index >= 15 is 0 Å². The zero-order valence-electron chi connectivity index (χ0n) is 11.9. The number of methoxy groups -OCH3 is 2. The van der Waals surface area contributed by atoms with Crippen LogP contribution in [0, 0.1) is 0 Å². The Labute approximate surface area is 130 Å². The second-order valence-corrected chi connectivity index (χ2v) is 6.19. The molecule has 0 radical (unpaired) electrons. The maximum atomic E-state index is 5.45. The van der Waals surface area contributed by atoms with E-state index < -0.39 is 0 Å². The Morgan fingerprint density at radius 2 is 2.00 bits per heavy atom. The van der Waals surface area contributed by atoms with Crippen LogP contribution in [0.2, 0.25) is 0 Å². The molecule has 0 aliphatic carbocycles. The van der Waals surface area contributed by atoms with Crippen molar-refractivity contribution in [2.45, 2.75) is 6.54 Å². The van der Waals surface area contributed by atoms with E-state index in [0.717, 1.165) is 42.3 Å². The summed E-state index contributed by atoms with van der Waals surface area (Å²) in [6.07, 6.45) is 0. The number of thioether (sulfide) groups is 1. The highest BCUT2D eigenvalue weighted by molar-refractivity contribution is 8.22. The maximum Gasteiger partial charge on any atom is 0.138 e. The third-order valence-corrected chi connectivity index (χ3v) is 4.75. The van der Waals surface area contributed by atoms with Crippen molar-refractivity contribution in [3.8, 4) is 5.75 Å². The number of nitrogens with zero attached hydrogens (tertiary/aromatic N) is 2. The summed E-state index contributed by atoms with van der Waals surface area (Å²) < 4.78 is 11.3. The predicted molar refractivity (Wildman–Crippen MR) is 87.0 cm³/mol. The van der Waals surface area contributed by atoms with E-state index in [4.69, 9.17) is 21.7 Å². The fraction of sp³-hybridized carbons (Fsp3) is 0.500. The minimum absolute atomic E-state index is 0.754. The summed E-state index contributed by atoms with van der Waals surface area (Å²) in [5.41, 5.74) is 1.24. The minimum Gasteiger partial charge on any atom is -0.497 e. The van der Waals surface area contributed by atoms with Gasteiger partial charge in [0.15, 0.2) is 0 Å². The quantitative estimate of drug-likeness (QED) is 0.748. The molecule has 1 aliphatic heterocycles. The van der Waals surface area contributed by atoms with Crippen LogP contribution in [0.5, 0.6) is 5.75 Å². The van der Waals surface area contributed by atoms with Gasteiger partial charge >= 0.3 is 0 Å². The molecule has 2 rings (SSSR count). The van der Waals surface area contributed by atoms with Crippen LogP contribution in [0.3, 0.4) is 0 Å². The van der Waals surface area contributed by atoms with Crippen LogP contribution in [0.15, 0.2) is 24.3 Å². The molecule has 110 valence electrons. The summed E-state index contributed by atoms with van der Waals surface area (Å²) >= 11 is 7.16. The highest BCUT2D eigenvalue weighted by Crippen LogP contribution is 2.21. The first-order valence-corrected chi connectivity index (χ1v) is 7.88. The summed E-state index contributed by atoms with van der Waals surface area (Å²) in [6, 6.07) is 8.14. The van der Waals surface area contributed by atoms with Crippen molar-refractivity contribution in [3.63, 3.8) is 0 Å². The van der Waals surface area contributed by atoms with Crippen LogP contribution >= 0.6 is 24.0 Å². The first kappa shape index (κ1) is 15.6. The van der Waals surface area contributed by atoms with E-state index in [2.05, 4.69) is 21.9 Å². The molecule has 20 heavy (non-hydrogen) atoms. The smallest absolute Gasteiger partial charge is 0.138 e. The Kier molecular flexibility index (Phi) is 6.09. The van der Waals surface area contributed by atoms with Crippen LogP contribution in [0.1, 0.15) is 5.56 Å². The van der Waals surface area contributed by atoms with Gasteiger partial charge in [0, 0.05) is 20.2 Å². The lowest BCUT2D eigenvalue weighted by atomic mass is 10.2. The Morgan fingerprint density at radius 1 is 1.25 bits per heavy atom. The fourth-order valence-corrected chi connectivity index (χ4v) is 3.09. The zero-order valence-corrected chi connectivity index (χ0v) is 13.5. The molecule has 1 fully saturated rings. The van der Waals surface area contributed by atoms with E-state index in [1.165, 1.54) is 5.56 Å². The number of rotatable bonds is 6. The topological polar surface area (TPSA) is 24.9 Å². The van der Waals surface area contributed by atoms with Crippen molar-refractivity contribution < 1.29 is 9.47 Å². The SMILES string of the molecule is COCCN1CSC(=S)N(Cc2ccc(OC)cc2)C1. The van der Waals surface area contributed by atoms with Gasteiger partial charge in [-0.3, -0.25) is 4.90 Å². The molecule has 6 heteroatoms. The van der Waals surface area contributed by atoms with Crippen LogP contribution in [-0.2, 0) is 11.3 Å². The van der Waals surface area contributed by atoms with E-state index in [-0.39, 0.29) is 0 Å². The fourth-order valence-electron chi connectivity index (χ4n) is 2.00. The highest BCUT2D eigenvalue weighted by atomic mass is 32.2. The van der Waals surface area contributed by atoms with Gasteiger partial charge in [0.25, 0.3) is 0 Å². The number of thiocarbonyl (C=S) groups is 1. The molecule has 0 unspecified atom stereocenters. The average Bonchev–Trinajstić information content (AvgIpc) is 2.49. The Balaban J connectivity index is 1.93. The molecule has 0 bridgehead atoms. The van der Waals surface area contributed by atoms with E-state index in [1.54, 1.807) is 26.0 Å². The summed E-state index contributed by atoms with van der Waals surface area (Å²) in [6.45, 7) is 3.38. The van der Waals surface area contributed by atoms with Gasteiger partial charge in [0.2, 0.25) is 0 Å². The number of hydrogen-bond acceptors (Lipinski definition) is 5. The van der Waals surface area contributed by atoms with Crippen molar-refractivity contribution >= 4 is 28.3 Å². The summed E-state index contributed by atoms with van der Waals surface area (Å²) in [5.74, 6) is 1.83. The van der Waals surface area contributed by atoms with Gasteiger partial charge in [-0.25, -0.2) is 0 Å². The molecule has 1 aromatic carbocycles. The van der Waals surface area contributed by atoms with Gasteiger partial charge in [-0.15, -0.1) is 0 Å². The van der Waals surface area contributed by atoms with Crippen molar-refractivity contribution in [3.05, 3.63) is 29.8 Å². The van der Waals surface area contributed by atoms with Gasteiger partial charge in [0.1, 0.15) is 10.1 Å². The second-order valence-electron chi connectivity index (χ2n) is 4.61. The normalized spacial score (nSPS) is 16.5. The van der Waals surface area contributed by atoms with Gasteiger partial charge in [-0.2, -0.15) is 0 Å². The first-order valence-electron chi connectivity index (χ1n) is 6.49. The third kappa shape index (κ3) is 4.34. The van der Waals surface area contributed by atoms with E-state index in [0.29, 0.717) is 0 Å². The van der Waals surface area contributed by atoms with Crippen molar-refractivity contribution in [1.82, 2.24) is 9.80 Å². The minimum atomic E-state index is 0.754. The van der Waals surface area contributed by atoms with Gasteiger partial charge in [-0.1, -0.05) is 36.1 Å². The van der Waals surface area contributed by atoms with Crippen molar-refractivity contribution in [1.29, 1.82) is 0 Å². The van der Waals surface area contributed by atoms with Crippen molar-refractivity contribution in [2.75, 3.05) is 39.9 Å². The Hall–Kier alpha value is -0.820. The predicted octanol–water partition coefficient (Wildman–Crippen LogP) is 2.39. The van der Waals surface area contributed by atoms with Gasteiger partial charge < -0.3 is 14.4 Å². The molecule has 1 heterocycles. The molecule has 0 atom stereocenters. The van der Waals surface area contributed by atoms with Crippen LogP contribution in [-0.4, -0.2) is 54.0 Å². The lowest BCUT2D eigenvalue weighted by molar-refractivity contribution is 0.131. The molecule has 0 saturated carbocycles. The number of hydrogen-bond donors (Lipinski definition) is 0. The van der Waals surface area contributed by atoms with E-state index in [1.807, 2.05) is 12.1 Å². The lowest BCUT2D eigenvalue weighted by Crippen LogP contribution is -2.45.